The second-order valence-corrected chi connectivity index (χ2v) is 7.54. The number of hydrogen-bond acceptors (Lipinski definition) is 5. The molecule has 0 bridgehead atoms. The van der Waals surface area contributed by atoms with Gasteiger partial charge in [0.2, 0.25) is 0 Å². The molecule has 1 aromatic carbocycles. The lowest BCUT2D eigenvalue weighted by atomic mass is 10.2. The fraction of sp³-hybridized carbons (Fsp3) is 0.682. The van der Waals surface area contributed by atoms with Crippen molar-refractivity contribution in [3.63, 3.8) is 0 Å². The Labute approximate surface area is 175 Å². The lowest BCUT2D eigenvalue weighted by molar-refractivity contribution is 0.0195. The van der Waals surface area contributed by atoms with Crippen LogP contribution in [0.4, 0.5) is 0 Å². The first-order valence-corrected chi connectivity index (χ1v) is 10.9. The van der Waals surface area contributed by atoms with E-state index < -0.39 is 0 Å². The van der Waals surface area contributed by atoms with E-state index in [-0.39, 0.29) is 0 Å². The maximum Gasteiger partial charge on any atom is 0.194 e. The molecule has 1 aromatic rings. The maximum atomic E-state index is 5.75. The lowest BCUT2D eigenvalue weighted by Crippen LogP contribution is -2.46. The summed E-state index contributed by atoms with van der Waals surface area (Å²) < 4.78 is 16.8. The molecule has 7 heteroatoms. The number of methoxy groups -OCH3 is 1. The van der Waals surface area contributed by atoms with Crippen LogP contribution in [0, 0.1) is 0 Å². The molecule has 0 saturated carbocycles. The van der Waals surface area contributed by atoms with Crippen molar-refractivity contribution in [2.24, 2.45) is 4.99 Å². The third-order valence-electron chi connectivity index (χ3n) is 5.46. The molecule has 0 aromatic heterocycles. The SMILES string of the molecule is CCCOc1ccc(CN=C(NCC)N2CCC(N3CCOCC3)C2)cc1OC. The topological polar surface area (TPSA) is 58.6 Å². The van der Waals surface area contributed by atoms with Gasteiger partial charge >= 0.3 is 0 Å². The normalized spacial score (nSPS) is 20.7. The lowest BCUT2D eigenvalue weighted by Gasteiger charge is -2.32. The van der Waals surface area contributed by atoms with E-state index in [0.29, 0.717) is 19.2 Å². The van der Waals surface area contributed by atoms with E-state index in [4.69, 9.17) is 19.2 Å². The van der Waals surface area contributed by atoms with Gasteiger partial charge in [0.15, 0.2) is 17.5 Å². The van der Waals surface area contributed by atoms with E-state index in [9.17, 15) is 0 Å². The number of nitrogens with zero attached hydrogens (tertiary/aromatic N) is 3. The molecular formula is C22H36N4O3. The first-order valence-electron chi connectivity index (χ1n) is 10.9. The molecule has 1 N–H and O–H groups in total. The number of hydrogen-bond donors (Lipinski definition) is 1. The van der Waals surface area contributed by atoms with Crippen molar-refractivity contribution in [1.82, 2.24) is 15.1 Å². The minimum Gasteiger partial charge on any atom is -0.493 e. The molecule has 3 rings (SSSR count). The molecule has 2 fully saturated rings. The van der Waals surface area contributed by atoms with Crippen molar-refractivity contribution in [2.75, 3.05) is 59.7 Å². The molecule has 0 radical (unpaired) electrons. The Kier molecular flexibility index (Phi) is 8.43. The Balaban J connectivity index is 1.63. The second kappa shape index (κ2) is 11.3. The minimum absolute atomic E-state index is 0.595. The molecule has 162 valence electrons. The Hall–Kier alpha value is -1.99. The minimum atomic E-state index is 0.595. The summed E-state index contributed by atoms with van der Waals surface area (Å²) in [7, 11) is 1.68. The zero-order valence-corrected chi connectivity index (χ0v) is 18.2. The van der Waals surface area contributed by atoms with Crippen molar-refractivity contribution in [3.05, 3.63) is 23.8 Å². The summed E-state index contributed by atoms with van der Waals surface area (Å²) in [6, 6.07) is 6.67. The summed E-state index contributed by atoms with van der Waals surface area (Å²) in [6.07, 6.45) is 2.16. The second-order valence-electron chi connectivity index (χ2n) is 7.54. The monoisotopic (exact) mass is 404 g/mol. The van der Waals surface area contributed by atoms with E-state index in [1.54, 1.807) is 7.11 Å². The van der Waals surface area contributed by atoms with Crippen molar-refractivity contribution in [2.45, 2.75) is 39.3 Å². The van der Waals surface area contributed by atoms with Crippen LogP contribution in [-0.2, 0) is 11.3 Å². The highest BCUT2D eigenvalue weighted by Gasteiger charge is 2.30. The summed E-state index contributed by atoms with van der Waals surface area (Å²) in [5.41, 5.74) is 1.12. The fourth-order valence-electron chi connectivity index (χ4n) is 3.91. The van der Waals surface area contributed by atoms with Crippen LogP contribution >= 0.6 is 0 Å². The predicted octanol–water partition coefficient (Wildman–Crippen LogP) is 2.36. The van der Waals surface area contributed by atoms with E-state index in [1.165, 1.54) is 6.42 Å². The molecule has 0 spiro atoms. The van der Waals surface area contributed by atoms with Crippen molar-refractivity contribution >= 4 is 5.96 Å². The number of guanidine groups is 1. The number of aliphatic imine (C=N–C) groups is 1. The molecular weight excluding hydrogens is 368 g/mol. The van der Waals surface area contributed by atoms with Gasteiger partial charge in [0.25, 0.3) is 0 Å². The van der Waals surface area contributed by atoms with Gasteiger partial charge in [-0.05, 0) is 37.5 Å². The average Bonchev–Trinajstić information content (AvgIpc) is 3.26. The Morgan fingerprint density at radius 3 is 2.76 bits per heavy atom. The van der Waals surface area contributed by atoms with Gasteiger partial charge in [-0.2, -0.15) is 0 Å². The van der Waals surface area contributed by atoms with E-state index in [2.05, 4.69) is 35.0 Å². The summed E-state index contributed by atoms with van der Waals surface area (Å²) in [6.45, 7) is 12.2. The van der Waals surface area contributed by atoms with Crippen LogP contribution in [0.1, 0.15) is 32.3 Å². The molecule has 2 saturated heterocycles. The van der Waals surface area contributed by atoms with E-state index in [1.807, 2.05) is 12.1 Å². The first kappa shape index (κ1) is 21.7. The van der Waals surface area contributed by atoms with Crippen LogP contribution in [0.5, 0.6) is 11.5 Å². The van der Waals surface area contributed by atoms with Crippen molar-refractivity contribution in [1.29, 1.82) is 0 Å². The van der Waals surface area contributed by atoms with Crippen LogP contribution in [0.25, 0.3) is 0 Å². The molecule has 1 atom stereocenters. The highest BCUT2D eigenvalue weighted by molar-refractivity contribution is 5.80. The number of benzene rings is 1. The van der Waals surface area contributed by atoms with Gasteiger partial charge in [-0.15, -0.1) is 0 Å². The van der Waals surface area contributed by atoms with Crippen LogP contribution in [0.15, 0.2) is 23.2 Å². The molecule has 0 amide bonds. The smallest absolute Gasteiger partial charge is 0.194 e. The van der Waals surface area contributed by atoms with Gasteiger partial charge in [-0.1, -0.05) is 13.0 Å². The van der Waals surface area contributed by atoms with Crippen LogP contribution in [-0.4, -0.2) is 81.5 Å². The third kappa shape index (κ3) is 6.00. The molecule has 0 aliphatic carbocycles. The Morgan fingerprint density at radius 2 is 2.03 bits per heavy atom. The van der Waals surface area contributed by atoms with Gasteiger partial charge in [0, 0.05) is 38.8 Å². The highest BCUT2D eigenvalue weighted by Crippen LogP contribution is 2.28. The van der Waals surface area contributed by atoms with Crippen molar-refractivity contribution in [3.8, 4) is 11.5 Å². The molecule has 1 unspecified atom stereocenters. The van der Waals surface area contributed by atoms with Crippen LogP contribution < -0.4 is 14.8 Å². The molecule has 29 heavy (non-hydrogen) atoms. The van der Waals surface area contributed by atoms with E-state index in [0.717, 1.165) is 75.4 Å². The molecule has 7 nitrogen and oxygen atoms in total. The third-order valence-corrected chi connectivity index (χ3v) is 5.46. The van der Waals surface area contributed by atoms with E-state index >= 15 is 0 Å². The molecule has 2 aliphatic heterocycles. The zero-order chi connectivity index (χ0) is 20.5. The van der Waals surface area contributed by atoms with Gasteiger partial charge in [0.05, 0.1) is 33.5 Å². The molecule has 2 heterocycles. The zero-order valence-electron chi connectivity index (χ0n) is 18.2. The van der Waals surface area contributed by atoms with Gasteiger partial charge in [-0.25, -0.2) is 4.99 Å². The average molecular weight is 405 g/mol. The fourth-order valence-corrected chi connectivity index (χ4v) is 3.91. The predicted molar refractivity (Wildman–Crippen MR) is 116 cm³/mol. The molecule has 2 aliphatic rings. The van der Waals surface area contributed by atoms with Gasteiger partial charge in [0.1, 0.15) is 0 Å². The quantitative estimate of drug-likeness (QED) is 0.530. The highest BCUT2D eigenvalue weighted by atomic mass is 16.5. The number of rotatable bonds is 8. The number of morpholine rings is 1. The number of likely N-dealkylation sites (tertiary alicyclic amines) is 1. The maximum absolute atomic E-state index is 5.75. The summed E-state index contributed by atoms with van der Waals surface area (Å²) in [5.74, 6) is 2.56. The Bertz CT molecular complexity index is 661. The summed E-state index contributed by atoms with van der Waals surface area (Å²) in [5, 5.41) is 3.46. The first-order chi connectivity index (χ1) is 14.2. The van der Waals surface area contributed by atoms with Gasteiger partial charge < -0.3 is 24.4 Å². The Morgan fingerprint density at radius 1 is 1.21 bits per heavy atom. The van der Waals surface area contributed by atoms with Crippen LogP contribution in [0.2, 0.25) is 0 Å². The number of nitrogens with one attached hydrogen (secondary N) is 1. The van der Waals surface area contributed by atoms with Crippen LogP contribution in [0.3, 0.4) is 0 Å². The summed E-state index contributed by atoms with van der Waals surface area (Å²) >= 11 is 0. The summed E-state index contributed by atoms with van der Waals surface area (Å²) in [4.78, 5) is 9.86. The van der Waals surface area contributed by atoms with Gasteiger partial charge in [-0.3, -0.25) is 4.90 Å². The largest absolute Gasteiger partial charge is 0.493 e. The standard InChI is InChI=1S/C22H36N4O3/c1-4-12-29-20-7-6-18(15-21(20)27-3)16-24-22(23-5-2)26-9-8-19(17-26)25-10-13-28-14-11-25/h6-7,15,19H,4-5,8-14,16-17H2,1-3H3,(H,23,24). The van der Waals surface area contributed by atoms with Crippen molar-refractivity contribution < 1.29 is 14.2 Å². The number of ether oxygens (including phenoxy) is 3.